The van der Waals surface area contributed by atoms with Gasteiger partial charge in [-0.05, 0) is 65.4 Å². The molecule has 5 heteroatoms. The molecule has 5 rings (SSSR count). The molecule has 0 amide bonds. The van der Waals surface area contributed by atoms with E-state index in [1.54, 1.807) is 12.1 Å². The van der Waals surface area contributed by atoms with Crippen LogP contribution in [-0.2, 0) is 4.79 Å². The summed E-state index contributed by atoms with van der Waals surface area (Å²) < 4.78 is 13.6. The second kappa shape index (κ2) is 9.50. The van der Waals surface area contributed by atoms with Gasteiger partial charge in [0.15, 0.2) is 0 Å². The standard InChI is InChI=1S/C28H26FNO2.ClH/c29-23-12-10-20(11-13-23)24-14-16-30-18-26(24)28(27(31)32)15-4-3-7-25(28)22-9-8-19-5-1-2-6-21(19)17-22;/h1-13,15,17,24-26,30H,14,16,18H2,(H,31,32);1H. The molecule has 4 atom stereocenters. The number of piperidine rings is 1. The van der Waals surface area contributed by atoms with Crippen molar-refractivity contribution in [3.05, 3.63) is 108 Å². The Morgan fingerprint density at radius 3 is 2.45 bits per heavy atom. The highest BCUT2D eigenvalue weighted by atomic mass is 35.5. The van der Waals surface area contributed by atoms with Gasteiger partial charge in [0.1, 0.15) is 11.2 Å². The summed E-state index contributed by atoms with van der Waals surface area (Å²) in [4.78, 5) is 13.1. The first kappa shape index (κ1) is 23.2. The van der Waals surface area contributed by atoms with Gasteiger partial charge in [-0.2, -0.15) is 0 Å². The maximum absolute atomic E-state index is 13.6. The van der Waals surface area contributed by atoms with E-state index in [9.17, 15) is 14.3 Å². The second-order valence-corrected chi connectivity index (χ2v) is 8.82. The lowest BCUT2D eigenvalue weighted by Gasteiger charge is -2.47. The Morgan fingerprint density at radius 1 is 0.970 bits per heavy atom. The van der Waals surface area contributed by atoms with Crippen LogP contribution in [0.1, 0.15) is 29.4 Å². The van der Waals surface area contributed by atoms with Crippen molar-refractivity contribution in [3.8, 4) is 0 Å². The van der Waals surface area contributed by atoms with Crippen LogP contribution in [-0.4, -0.2) is 24.2 Å². The fraction of sp³-hybridized carbons (Fsp3) is 0.250. The molecule has 0 radical (unpaired) electrons. The number of hydrogen-bond donors (Lipinski definition) is 2. The molecule has 0 aromatic heterocycles. The Hall–Kier alpha value is -2.95. The number of fused-ring (bicyclic) bond motifs is 1. The molecule has 1 aliphatic heterocycles. The lowest BCUT2D eigenvalue weighted by molar-refractivity contribution is -0.151. The minimum Gasteiger partial charge on any atom is -0.481 e. The van der Waals surface area contributed by atoms with E-state index in [0.717, 1.165) is 34.9 Å². The van der Waals surface area contributed by atoms with E-state index in [1.807, 2.05) is 36.4 Å². The van der Waals surface area contributed by atoms with Crippen molar-refractivity contribution in [1.29, 1.82) is 0 Å². The molecule has 3 aromatic rings. The quantitative estimate of drug-likeness (QED) is 0.493. The largest absolute Gasteiger partial charge is 0.481 e. The van der Waals surface area contributed by atoms with E-state index in [1.165, 1.54) is 12.1 Å². The van der Waals surface area contributed by atoms with Crippen LogP contribution in [0.25, 0.3) is 10.8 Å². The van der Waals surface area contributed by atoms with E-state index in [0.29, 0.717) is 6.54 Å². The summed E-state index contributed by atoms with van der Waals surface area (Å²) in [5, 5.41) is 16.4. The molecule has 1 fully saturated rings. The molecule has 1 aliphatic carbocycles. The van der Waals surface area contributed by atoms with Crippen LogP contribution in [0, 0.1) is 17.2 Å². The molecule has 0 spiro atoms. The summed E-state index contributed by atoms with van der Waals surface area (Å²) in [6, 6.07) is 20.9. The maximum Gasteiger partial charge on any atom is 0.314 e. The maximum atomic E-state index is 13.6. The number of aliphatic carboxylic acids is 1. The van der Waals surface area contributed by atoms with Crippen molar-refractivity contribution in [2.75, 3.05) is 13.1 Å². The normalized spacial score (nSPS) is 26.6. The summed E-state index contributed by atoms with van der Waals surface area (Å²) in [5.41, 5.74) is 0.887. The molecule has 0 bridgehead atoms. The molecule has 3 nitrogen and oxygen atoms in total. The van der Waals surface area contributed by atoms with Crippen LogP contribution in [0.3, 0.4) is 0 Å². The average Bonchev–Trinajstić information content (AvgIpc) is 2.84. The molecular formula is C28H27ClFNO2. The van der Waals surface area contributed by atoms with Crippen LogP contribution in [0.4, 0.5) is 4.39 Å². The van der Waals surface area contributed by atoms with Crippen molar-refractivity contribution in [1.82, 2.24) is 5.32 Å². The number of hydrogen-bond acceptors (Lipinski definition) is 2. The van der Waals surface area contributed by atoms with Gasteiger partial charge in [0.25, 0.3) is 0 Å². The van der Waals surface area contributed by atoms with Gasteiger partial charge in [-0.1, -0.05) is 78.9 Å². The first-order valence-electron chi connectivity index (χ1n) is 11.1. The van der Waals surface area contributed by atoms with Crippen LogP contribution in [0.15, 0.2) is 91.0 Å². The molecule has 170 valence electrons. The van der Waals surface area contributed by atoms with Gasteiger partial charge < -0.3 is 10.4 Å². The molecular weight excluding hydrogens is 437 g/mol. The highest BCUT2D eigenvalue weighted by molar-refractivity contribution is 5.86. The SMILES string of the molecule is Cl.O=C(O)C1(C2CNCCC2c2ccc(F)cc2)C=CC=CC1c1ccc2ccccc2c1. The van der Waals surface area contributed by atoms with Crippen molar-refractivity contribution >= 4 is 29.1 Å². The molecule has 1 saturated heterocycles. The lowest BCUT2D eigenvalue weighted by atomic mass is 9.57. The van der Waals surface area contributed by atoms with Gasteiger partial charge in [0.2, 0.25) is 0 Å². The Balaban J connectivity index is 0.00000259. The smallest absolute Gasteiger partial charge is 0.314 e. The number of carbonyl (C=O) groups is 1. The number of benzene rings is 3. The third kappa shape index (κ3) is 4.09. The predicted molar refractivity (Wildman–Crippen MR) is 132 cm³/mol. The number of allylic oxidation sites excluding steroid dienone is 3. The lowest BCUT2D eigenvalue weighted by Crippen LogP contribution is -2.51. The van der Waals surface area contributed by atoms with E-state index in [4.69, 9.17) is 0 Å². The third-order valence-corrected chi connectivity index (χ3v) is 7.20. The zero-order valence-corrected chi connectivity index (χ0v) is 19.0. The van der Waals surface area contributed by atoms with E-state index in [2.05, 4.69) is 35.6 Å². The van der Waals surface area contributed by atoms with Gasteiger partial charge in [0.05, 0.1) is 0 Å². The van der Waals surface area contributed by atoms with Crippen LogP contribution in [0.2, 0.25) is 0 Å². The van der Waals surface area contributed by atoms with Gasteiger partial charge >= 0.3 is 5.97 Å². The number of nitrogens with one attached hydrogen (secondary N) is 1. The molecule has 3 aromatic carbocycles. The van der Waals surface area contributed by atoms with E-state index in [-0.39, 0.29) is 36.0 Å². The first-order chi connectivity index (χ1) is 15.6. The summed E-state index contributed by atoms with van der Waals surface area (Å²) in [6.45, 7) is 1.41. The molecule has 0 saturated carbocycles. The summed E-state index contributed by atoms with van der Waals surface area (Å²) in [6.07, 6.45) is 8.53. The Bertz CT molecular complexity index is 1210. The third-order valence-electron chi connectivity index (χ3n) is 7.20. The minimum absolute atomic E-state index is 0. The van der Waals surface area contributed by atoms with Gasteiger partial charge in [-0.3, -0.25) is 4.79 Å². The zero-order valence-electron chi connectivity index (χ0n) is 18.2. The van der Waals surface area contributed by atoms with E-state index >= 15 is 0 Å². The monoisotopic (exact) mass is 463 g/mol. The topological polar surface area (TPSA) is 49.3 Å². The minimum atomic E-state index is -1.11. The van der Waals surface area contributed by atoms with Crippen molar-refractivity contribution in [2.45, 2.75) is 18.3 Å². The molecule has 2 N–H and O–H groups in total. The number of carboxylic acids is 1. The molecule has 4 unspecified atom stereocenters. The van der Waals surface area contributed by atoms with Gasteiger partial charge in [-0.15, -0.1) is 12.4 Å². The molecule has 33 heavy (non-hydrogen) atoms. The van der Waals surface area contributed by atoms with Crippen LogP contribution < -0.4 is 5.32 Å². The van der Waals surface area contributed by atoms with Gasteiger partial charge in [0, 0.05) is 5.92 Å². The Morgan fingerprint density at radius 2 is 1.70 bits per heavy atom. The average molecular weight is 464 g/mol. The Kier molecular flexibility index (Phi) is 6.68. The fourth-order valence-corrected chi connectivity index (χ4v) is 5.63. The van der Waals surface area contributed by atoms with Crippen LogP contribution in [0.5, 0.6) is 0 Å². The Labute approximate surface area is 199 Å². The highest BCUT2D eigenvalue weighted by Crippen LogP contribution is 2.53. The van der Waals surface area contributed by atoms with Crippen molar-refractivity contribution in [2.24, 2.45) is 11.3 Å². The van der Waals surface area contributed by atoms with Crippen molar-refractivity contribution in [3.63, 3.8) is 0 Å². The van der Waals surface area contributed by atoms with Crippen LogP contribution >= 0.6 is 12.4 Å². The summed E-state index contributed by atoms with van der Waals surface area (Å²) in [5.74, 6) is -1.56. The predicted octanol–water partition coefficient (Wildman–Crippen LogP) is 6.07. The second-order valence-electron chi connectivity index (χ2n) is 8.82. The fourth-order valence-electron chi connectivity index (χ4n) is 5.63. The van der Waals surface area contributed by atoms with E-state index < -0.39 is 11.4 Å². The first-order valence-corrected chi connectivity index (χ1v) is 11.1. The molecule has 2 aliphatic rings. The highest BCUT2D eigenvalue weighted by Gasteiger charge is 2.53. The molecule has 1 heterocycles. The van der Waals surface area contributed by atoms with Crippen molar-refractivity contribution < 1.29 is 14.3 Å². The number of rotatable bonds is 4. The zero-order chi connectivity index (χ0) is 22.1. The number of carboxylic acid groups (broad SMARTS) is 1. The summed E-state index contributed by atoms with van der Waals surface area (Å²) >= 11 is 0. The summed E-state index contributed by atoms with van der Waals surface area (Å²) in [7, 11) is 0. The number of halogens is 2. The van der Waals surface area contributed by atoms with Gasteiger partial charge in [-0.25, -0.2) is 4.39 Å².